The van der Waals surface area contributed by atoms with Crippen LogP contribution in [0.5, 0.6) is 0 Å². The molecule has 0 aromatic rings. The number of carbonyl (C=O) groups is 1. The molecule has 0 amide bonds. The van der Waals surface area contributed by atoms with Crippen molar-refractivity contribution in [2.24, 2.45) is 5.41 Å². The first-order chi connectivity index (χ1) is 6.58. The van der Waals surface area contributed by atoms with E-state index in [0.717, 1.165) is 12.8 Å². The molecule has 0 aliphatic rings. The Morgan fingerprint density at radius 3 is 2.43 bits per heavy atom. The average Bonchev–Trinajstić information content (AvgIpc) is 2.23. The molecule has 0 heterocycles. The third kappa shape index (κ3) is 5.05. The average molecular weight is 198 g/mol. The molecule has 0 aliphatic heterocycles. The second-order valence-electron chi connectivity index (χ2n) is 3.99. The van der Waals surface area contributed by atoms with Crippen molar-refractivity contribution in [2.45, 2.75) is 46.5 Å². The van der Waals surface area contributed by atoms with E-state index in [9.17, 15) is 4.79 Å². The van der Waals surface area contributed by atoms with Crippen molar-refractivity contribution in [3.63, 3.8) is 0 Å². The summed E-state index contributed by atoms with van der Waals surface area (Å²) in [5.41, 5.74) is 0.403. The van der Waals surface area contributed by atoms with Gasteiger partial charge in [-0.3, -0.25) is 0 Å². The van der Waals surface area contributed by atoms with E-state index >= 15 is 0 Å². The van der Waals surface area contributed by atoms with Gasteiger partial charge in [-0.1, -0.05) is 40.2 Å². The van der Waals surface area contributed by atoms with Gasteiger partial charge in [0.15, 0.2) is 0 Å². The fourth-order valence-corrected chi connectivity index (χ4v) is 1.33. The molecule has 0 aliphatic carbocycles. The maximum absolute atomic E-state index is 10.7. The first-order valence-electron chi connectivity index (χ1n) is 5.37. The molecule has 0 fully saturated rings. The number of hydrogen-bond acceptors (Lipinski definition) is 2. The zero-order valence-corrected chi connectivity index (χ0v) is 9.64. The van der Waals surface area contributed by atoms with Crippen molar-refractivity contribution in [3.8, 4) is 0 Å². The third-order valence-electron chi connectivity index (χ3n) is 3.04. The largest absolute Gasteiger partial charge is 0.463 e. The highest BCUT2D eigenvalue weighted by Crippen LogP contribution is 2.30. The molecule has 0 saturated carbocycles. The quantitative estimate of drug-likeness (QED) is 0.356. The number of carbonyl (C=O) groups excluding carboxylic acids is 1. The van der Waals surface area contributed by atoms with E-state index in [1.54, 1.807) is 0 Å². The number of ether oxygens (including phenoxy) is 1. The van der Waals surface area contributed by atoms with Gasteiger partial charge in [-0.25, -0.2) is 4.79 Å². The number of esters is 1. The van der Waals surface area contributed by atoms with Crippen LogP contribution >= 0.6 is 0 Å². The summed E-state index contributed by atoms with van der Waals surface area (Å²) in [5.74, 6) is -0.320. The third-order valence-corrected chi connectivity index (χ3v) is 3.04. The highest BCUT2D eigenvalue weighted by molar-refractivity contribution is 5.81. The Bertz CT molecular complexity index is 181. The summed E-state index contributed by atoms with van der Waals surface area (Å²) in [6, 6.07) is 0. The molecule has 0 aromatic carbocycles. The molecular formula is C12H22O2. The van der Waals surface area contributed by atoms with Gasteiger partial charge in [0.05, 0.1) is 6.61 Å². The van der Waals surface area contributed by atoms with E-state index in [0.29, 0.717) is 12.0 Å². The molecule has 0 saturated heterocycles. The summed E-state index contributed by atoms with van der Waals surface area (Å²) in [6.45, 7) is 10.6. The molecule has 2 heteroatoms. The fraction of sp³-hybridized carbons (Fsp3) is 0.750. The molecule has 0 radical (unpaired) electrons. The van der Waals surface area contributed by atoms with E-state index in [-0.39, 0.29) is 5.97 Å². The van der Waals surface area contributed by atoms with Crippen LogP contribution in [0.1, 0.15) is 46.5 Å². The lowest BCUT2D eigenvalue weighted by molar-refractivity contribution is -0.138. The Balaban J connectivity index is 3.62. The van der Waals surface area contributed by atoms with Crippen LogP contribution in [-0.4, -0.2) is 12.6 Å². The molecule has 0 spiro atoms. The van der Waals surface area contributed by atoms with Crippen LogP contribution in [0.2, 0.25) is 0 Å². The van der Waals surface area contributed by atoms with Gasteiger partial charge in [0.1, 0.15) is 0 Å². The van der Waals surface area contributed by atoms with Crippen LogP contribution in [0.3, 0.4) is 0 Å². The second-order valence-corrected chi connectivity index (χ2v) is 3.99. The highest BCUT2D eigenvalue weighted by atomic mass is 16.5. The SMILES string of the molecule is C=CC(=O)OCCCC(C)(CC)CC. The summed E-state index contributed by atoms with van der Waals surface area (Å²) < 4.78 is 4.92. The van der Waals surface area contributed by atoms with Crippen molar-refractivity contribution in [1.82, 2.24) is 0 Å². The zero-order chi connectivity index (χ0) is 11.0. The fourth-order valence-electron chi connectivity index (χ4n) is 1.33. The van der Waals surface area contributed by atoms with Crippen molar-refractivity contribution >= 4 is 5.97 Å². The summed E-state index contributed by atoms with van der Waals surface area (Å²) in [5, 5.41) is 0. The molecule has 0 atom stereocenters. The van der Waals surface area contributed by atoms with Gasteiger partial charge in [-0.15, -0.1) is 0 Å². The topological polar surface area (TPSA) is 26.3 Å². The molecule has 2 nitrogen and oxygen atoms in total. The maximum atomic E-state index is 10.7. The van der Waals surface area contributed by atoms with Gasteiger partial charge >= 0.3 is 5.97 Å². The van der Waals surface area contributed by atoms with Crippen LogP contribution in [0.15, 0.2) is 12.7 Å². The Morgan fingerprint density at radius 2 is 2.00 bits per heavy atom. The lowest BCUT2D eigenvalue weighted by atomic mass is 9.80. The first kappa shape index (κ1) is 13.2. The standard InChI is InChI=1S/C12H22O2/c1-5-11(13)14-10-8-9-12(4,6-2)7-3/h5H,1,6-10H2,2-4H3. The van der Waals surface area contributed by atoms with E-state index < -0.39 is 0 Å². The van der Waals surface area contributed by atoms with E-state index in [4.69, 9.17) is 4.74 Å². The summed E-state index contributed by atoms with van der Waals surface area (Å²) in [6.07, 6.45) is 5.62. The minimum Gasteiger partial charge on any atom is -0.463 e. The van der Waals surface area contributed by atoms with Gasteiger partial charge in [0, 0.05) is 6.08 Å². The molecule has 14 heavy (non-hydrogen) atoms. The summed E-state index contributed by atoms with van der Waals surface area (Å²) in [4.78, 5) is 10.7. The number of hydrogen-bond donors (Lipinski definition) is 0. The molecular weight excluding hydrogens is 176 g/mol. The smallest absolute Gasteiger partial charge is 0.330 e. The van der Waals surface area contributed by atoms with Crippen LogP contribution in [0.4, 0.5) is 0 Å². The van der Waals surface area contributed by atoms with Gasteiger partial charge in [0.2, 0.25) is 0 Å². The predicted octanol–water partition coefficient (Wildman–Crippen LogP) is 3.32. The van der Waals surface area contributed by atoms with Crippen molar-refractivity contribution in [3.05, 3.63) is 12.7 Å². The molecule has 0 bridgehead atoms. The van der Waals surface area contributed by atoms with Crippen LogP contribution in [0, 0.1) is 5.41 Å². The number of rotatable bonds is 7. The molecule has 0 N–H and O–H groups in total. The second kappa shape index (κ2) is 6.63. The Kier molecular flexibility index (Phi) is 6.26. The molecule has 82 valence electrons. The van der Waals surface area contributed by atoms with Crippen molar-refractivity contribution < 1.29 is 9.53 Å². The summed E-state index contributed by atoms with van der Waals surface area (Å²) in [7, 11) is 0. The Labute approximate surface area is 87.3 Å². The zero-order valence-electron chi connectivity index (χ0n) is 9.64. The lowest BCUT2D eigenvalue weighted by Crippen LogP contribution is -2.15. The van der Waals surface area contributed by atoms with E-state index in [1.807, 2.05) is 0 Å². The van der Waals surface area contributed by atoms with Crippen LogP contribution < -0.4 is 0 Å². The van der Waals surface area contributed by atoms with Gasteiger partial charge < -0.3 is 4.74 Å². The normalized spacial score (nSPS) is 11.1. The Hall–Kier alpha value is -0.790. The first-order valence-corrected chi connectivity index (χ1v) is 5.37. The molecule has 0 unspecified atom stereocenters. The van der Waals surface area contributed by atoms with E-state index in [2.05, 4.69) is 27.4 Å². The lowest BCUT2D eigenvalue weighted by Gasteiger charge is -2.26. The Morgan fingerprint density at radius 1 is 1.43 bits per heavy atom. The van der Waals surface area contributed by atoms with Crippen molar-refractivity contribution in [1.29, 1.82) is 0 Å². The van der Waals surface area contributed by atoms with Gasteiger partial charge in [0.25, 0.3) is 0 Å². The highest BCUT2D eigenvalue weighted by Gasteiger charge is 2.18. The molecule has 0 aromatic heterocycles. The molecule has 0 rings (SSSR count). The van der Waals surface area contributed by atoms with Gasteiger partial charge in [-0.05, 0) is 18.3 Å². The van der Waals surface area contributed by atoms with Crippen molar-refractivity contribution in [2.75, 3.05) is 6.61 Å². The summed E-state index contributed by atoms with van der Waals surface area (Å²) >= 11 is 0. The van der Waals surface area contributed by atoms with Gasteiger partial charge in [-0.2, -0.15) is 0 Å². The minimum atomic E-state index is -0.320. The minimum absolute atomic E-state index is 0.320. The van der Waals surface area contributed by atoms with E-state index in [1.165, 1.54) is 18.9 Å². The van der Waals surface area contributed by atoms with Crippen LogP contribution in [-0.2, 0) is 9.53 Å². The van der Waals surface area contributed by atoms with Crippen LogP contribution in [0.25, 0.3) is 0 Å². The monoisotopic (exact) mass is 198 g/mol. The predicted molar refractivity (Wildman–Crippen MR) is 59.1 cm³/mol. The maximum Gasteiger partial charge on any atom is 0.330 e.